The molecule has 0 radical (unpaired) electrons. The predicted molar refractivity (Wildman–Crippen MR) is 67.0 cm³/mol. The molecular weight excluding hydrogens is 218 g/mol. The summed E-state index contributed by atoms with van der Waals surface area (Å²) in [6, 6.07) is 10.2. The molecule has 0 saturated heterocycles. The Morgan fingerprint density at radius 1 is 1.25 bits per heavy atom. The second kappa shape index (κ2) is 5.70. The zero-order chi connectivity index (χ0) is 11.2. The first-order valence-corrected chi connectivity index (χ1v) is 6.48. The van der Waals surface area contributed by atoms with Crippen LogP contribution in [0.25, 0.3) is 5.69 Å². The molecule has 3 nitrogen and oxygen atoms in total. The molecule has 0 bridgehead atoms. The summed E-state index contributed by atoms with van der Waals surface area (Å²) in [5.41, 5.74) is 1.12. The molecule has 0 aliphatic rings. The minimum Gasteiger partial charge on any atom is -0.277 e. The van der Waals surface area contributed by atoms with E-state index in [1.165, 1.54) is 12.8 Å². The van der Waals surface area contributed by atoms with Gasteiger partial charge in [0, 0.05) is 11.4 Å². The number of unbranched alkanes of at least 4 members (excludes halogenated alkanes) is 1. The highest BCUT2D eigenvalue weighted by atomic mass is 32.2. The third-order valence-electron chi connectivity index (χ3n) is 2.28. The summed E-state index contributed by atoms with van der Waals surface area (Å²) < 4.78 is 2.03. The lowest BCUT2D eigenvalue weighted by Gasteiger charge is -2.05. The summed E-state index contributed by atoms with van der Waals surface area (Å²) >= 11 is 1.76. The van der Waals surface area contributed by atoms with Crippen molar-refractivity contribution in [2.75, 3.05) is 5.75 Å². The Bertz CT molecular complexity index is 425. The van der Waals surface area contributed by atoms with Gasteiger partial charge in [0.2, 0.25) is 0 Å². The molecule has 4 heteroatoms. The van der Waals surface area contributed by atoms with Crippen molar-refractivity contribution >= 4 is 11.8 Å². The molecule has 2 rings (SSSR count). The first-order valence-electron chi connectivity index (χ1n) is 5.50. The molecule has 0 fully saturated rings. The van der Waals surface area contributed by atoms with Crippen molar-refractivity contribution in [1.82, 2.24) is 14.8 Å². The van der Waals surface area contributed by atoms with E-state index < -0.39 is 0 Å². The average Bonchev–Trinajstić information content (AvgIpc) is 2.79. The highest BCUT2D eigenvalue weighted by Crippen LogP contribution is 2.20. The Morgan fingerprint density at radius 2 is 2.06 bits per heavy atom. The van der Waals surface area contributed by atoms with E-state index in [1.54, 1.807) is 18.1 Å². The van der Waals surface area contributed by atoms with Crippen LogP contribution in [-0.4, -0.2) is 20.5 Å². The van der Waals surface area contributed by atoms with Gasteiger partial charge in [-0.2, -0.15) is 0 Å². The largest absolute Gasteiger partial charge is 0.277 e. The van der Waals surface area contributed by atoms with Crippen LogP contribution in [0.5, 0.6) is 0 Å². The van der Waals surface area contributed by atoms with Gasteiger partial charge in [0.1, 0.15) is 6.33 Å². The molecule has 1 aromatic carbocycles. The highest BCUT2D eigenvalue weighted by Gasteiger charge is 2.05. The number of aromatic nitrogens is 3. The zero-order valence-corrected chi connectivity index (χ0v) is 10.2. The average molecular weight is 233 g/mol. The predicted octanol–water partition coefficient (Wildman–Crippen LogP) is 3.16. The minimum atomic E-state index is 0.972. The van der Waals surface area contributed by atoms with Gasteiger partial charge in [0.05, 0.1) is 0 Å². The smallest absolute Gasteiger partial charge is 0.195 e. The Hall–Kier alpha value is -1.29. The van der Waals surface area contributed by atoms with Crippen LogP contribution in [0.3, 0.4) is 0 Å². The Balaban J connectivity index is 2.13. The fourth-order valence-corrected chi connectivity index (χ4v) is 2.41. The molecule has 16 heavy (non-hydrogen) atoms. The van der Waals surface area contributed by atoms with Gasteiger partial charge < -0.3 is 0 Å². The van der Waals surface area contributed by atoms with E-state index in [0.29, 0.717) is 0 Å². The molecular formula is C12H15N3S. The minimum absolute atomic E-state index is 0.972. The quantitative estimate of drug-likeness (QED) is 0.587. The third-order valence-corrected chi connectivity index (χ3v) is 3.31. The molecule has 1 heterocycles. The van der Waals surface area contributed by atoms with E-state index >= 15 is 0 Å². The van der Waals surface area contributed by atoms with Gasteiger partial charge in [-0.05, 0) is 18.6 Å². The van der Waals surface area contributed by atoms with Crippen molar-refractivity contribution in [2.45, 2.75) is 24.9 Å². The van der Waals surface area contributed by atoms with E-state index in [4.69, 9.17) is 0 Å². The number of para-hydroxylation sites is 1. The lowest BCUT2D eigenvalue weighted by Crippen LogP contribution is -1.94. The molecule has 0 unspecified atom stereocenters. The van der Waals surface area contributed by atoms with Crippen molar-refractivity contribution in [1.29, 1.82) is 0 Å². The molecule has 0 aliphatic heterocycles. The molecule has 84 valence electrons. The summed E-state index contributed by atoms with van der Waals surface area (Å²) in [7, 11) is 0. The summed E-state index contributed by atoms with van der Waals surface area (Å²) in [4.78, 5) is 0. The maximum atomic E-state index is 4.14. The Kier molecular flexibility index (Phi) is 3.99. The number of hydrogen-bond acceptors (Lipinski definition) is 3. The summed E-state index contributed by atoms with van der Waals surface area (Å²) in [6.45, 7) is 2.20. The van der Waals surface area contributed by atoms with Crippen LogP contribution in [0.1, 0.15) is 19.8 Å². The van der Waals surface area contributed by atoms with Crippen molar-refractivity contribution < 1.29 is 0 Å². The first-order chi connectivity index (χ1) is 7.92. The first kappa shape index (κ1) is 11.2. The molecule has 1 aromatic heterocycles. The second-order valence-electron chi connectivity index (χ2n) is 3.52. The standard InChI is InChI=1S/C12H15N3S/c1-2-3-9-16-12-14-13-10-15(12)11-7-5-4-6-8-11/h4-8,10H,2-3,9H2,1H3. The monoisotopic (exact) mass is 233 g/mol. The maximum absolute atomic E-state index is 4.14. The molecule has 2 aromatic rings. The van der Waals surface area contributed by atoms with Crippen molar-refractivity contribution in [3.8, 4) is 5.69 Å². The lowest BCUT2D eigenvalue weighted by atomic mass is 10.3. The molecule has 0 saturated carbocycles. The second-order valence-corrected chi connectivity index (χ2v) is 4.58. The van der Waals surface area contributed by atoms with Crippen LogP contribution in [0, 0.1) is 0 Å². The van der Waals surface area contributed by atoms with E-state index in [1.807, 2.05) is 22.8 Å². The van der Waals surface area contributed by atoms with Crippen LogP contribution in [-0.2, 0) is 0 Å². The van der Waals surface area contributed by atoms with E-state index in [0.717, 1.165) is 16.6 Å². The SMILES string of the molecule is CCCCSc1nncn1-c1ccccc1. The van der Waals surface area contributed by atoms with E-state index in [-0.39, 0.29) is 0 Å². The third kappa shape index (κ3) is 2.64. The molecule has 0 N–H and O–H groups in total. The van der Waals surface area contributed by atoms with Gasteiger partial charge in [-0.1, -0.05) is 43.3 Å². The van der Waals surface area contributed by atoms with Crippen molar-refractivity contribution in [3.63, 3.8) is 0 Å². The van der Waals surface area contributed by atoms with Crippen LogP contribution >= 0.6 is 11.8 Å². The maximum Gasteiger partial charge on any atom is 0.195 e. The normalized spacial score (nSPS) is 10.6. The Morgan fingerprint density at radius 3 is 2.81 bits per heavy atom. The fourth-order valence-electron chi connectivity index (χ4n) is 1.40. The van der Waals surface area contributed by atoms with Gasteiger partial charge >= 0.3 is 0 Å². The number of nitrogens with zero attached hydrogens (tertiary/aromatic N) is 3. The van der Waals surface area contributed by atoms with Gasteiger partial charge in [0.25, 0.3) is 0 Å². The topological polar surface area (TPSA) is 30.7 Å². The molecule has 0 aliphatic carbocycles. The molecule has 0 atom stereocenters. The lowest BCUT2D eigenvalue weighted by molar-refractivity contribution is 0.864. The van der Waals surface area contributed by atoms with Gasteiger partial charge in [-0.25, -0.2) is 0 Å². The van der Waals surface area contributed by atoms with Crippen molar-refractivity contribution in [3.05, 3.63) is 36.7 Å². The summed E-state index contributed by atoms with van der Waals surface area (Å²) in [6.07, 6.45) is 4.20. The number of thioether (sulfide) groups is 1. The number of rotatable bonds is 5. The fraction of sp³-hybridized carbons (Fsp3) is 0.333. The van der Waals surface area contributed by atoms with Crippen LogP contribution in [0.15, 0.2) is 41.8 Å². The van der Waals surface area contributed by atoms with Crippen LogP contribution < -0.4 is 0 Å². The van der Waals surface area contributed by atoms with E-state index in [9.17, 15) is 0 Å². The summed E-state index contributed by atoms with van der Waals surface area (Å²) in [5.74, 6) is 1.10. The van der Waals surface area contributed by atoms with Crippen molar-refractivity contribution in [2.24, 2.45) is 0 Å². The van der Waals surface area contributed by atoms with E-state index in [2.05, 4.69) is 29.3 Å². The number of benzene rings is 1. The number of hydrogen-bond donors (Lipinski definition) is 0. The van der Waals surface area contributed by atoms with Gasteiger partial charge in [-0.3, -0.25) is 4.57 Å². The molecule has 0 spiro atoms. The summed E-state index contributed by atoms with van der Waals surface area (Å²) in [5, 5.41) is 9.08. The van der Waals surface area contributed by atoms with Gasteiger partial charge in [-0.15, -0.1) is 10.2 Å². The highest BCUT2D eigenvalue weighted by molar-refractivity contribution is 7.99. The molecule has 0 amide bonds. The van der Waals surface area contributed by atoms with Gasteiger partial charge in [0.15, 0.2) is 5.16 Å². The zero-order valence-electron chi connectivity index (χ0n) is 9.34. The Labute approximate surface area is 99.9 Å². The van der Waals surface area contributed by atoms with Crippen LogP contribution in [0.2, 0.25) is 0 Å². The van der Waals surface area contributed by atoms with Crippen LogP contribution in [0.4, 0.5) is 0 Å².